The van der Waals surface area contributed by atoms with Crippen LogP contribution in [0.15, 0.2) is 61.1 Å². The molecule has 4 rings (SSSR count). The van der Waals surface area contributed by atoms with Crippen molar-refractivity contribution >= 4 is 11.0 Å². The quantitative estimate of drug-likeness (QED) is 0.276. The number of aromatic amines is 1. The number of rotatable bonds is 12. The summed E-state index contributed by atoms with van der Waals surface area (Å²) in [5.41, 5.74) is 5.86. The van der Waals surface area contributed by atoms with Crippen molar-refractivity contribution in [2.75, 3.05) is 26.2 Å². The van der Waals surface area contributed by atoms with E-state index in [9.17, 15) is 5.11 Å². The number of benzene rings is 1. The van der Waals surface area contributed by atoms with Gasteiger partial charge in [0.05, 0.1) is 12.8 Å². The molecule has 0 saturated carbocycles. The Bertz CT molecular complexity index is 1200. The lowest BCUT2D eigenvalue weighted by atomic mass is 10.0. The Hall–Kier alpha value is -3.22. The summed E-state index contributed by atoms with van der Waals surface area (Å²) in [6, 6.07) is 14.5. The number of nitrogens with one attached hydrogen (secondary N) is 1. The molecule has 4 aromatic rings. The number of pyridine rings is 2. The van der Waals surface area contributed by atoms with Gasteiger partial charge in [-0.15, -0.1) is 0 Å². The van der Waals surface area contributed by atoms with Crippen LogP contribution in [0.4, 0.5) is 0 Å². The van der Waals surface area contributed by atoms with Gasteiger partial charge in [0.1, 0.15) is 17.5 Å². The minimum atomic E-state index is -0.790. The highest BCUT2D eigenvalue weighted by atomic mass is 16.5. The predicted molar refractivity (Wildman–Crippen MR) is 141 cm³/mol. The molecule has 0 aliphatic heterocycles. The molecule has 1 unspecified atom stereocenters. The highest BCUT2D eigenvalue weighted by molar-refractivity contribution is 5.81. The SMILES string of the molecule is CCN(CC)CCCOc1cnc2[nH]cc(C(O)c3ccc(CCc4ccc(C)cc4)nc3)c2c1. The van der Waals surface area contributed by atoms with Gasteiger partial charge in [-0.3, -0.25) is 4.98 Å². The Morgan fingerprint density at radius 2 is 1.80 bits per heavy atom. The minimum Gasteiger partial charge on any atom is -0.492 e. The molecule has 0 spiro atoms. The van der Waals surface area contributed by atoms with Crippen LogP contribution in [0.1, 0.15) is 54.3 Å². The summed E-state index contributed by atoms with van der Waals surface area (Å²) in [5.74, 6) is 0.717. The fraction of sp³-hybridized carbons (Fsp3) is 0.379. The molecule has 1 atom stereocenters. The molecule has 0 fully saturated rings. The average Bonchev–Trinajstić information content (AvgIpc) is 3.32. The molecule has 184 valence electrons. The normalized spacial score (nSPS) is 12.4. The number of aryl methyl sites for hydroxylation is 3. The average molecular weight is 473 g/mol. The monoisotopic (exact) mass is 472 g/mol. The third kappa shape index (κ3) is 6.47. The number of H-pyrrole nitrogens is 1. The third-order valence-electron chi connectivity index (χ3n) is 6.57. The number of hydrogen-bond donors (Lipinski definition) is 2. The smallest absolute Gasteiger partial charge is 0.138 e. The van der Waals surface area contributed by atoms with E-state index in [1.165, 1.54) is 11.1 Å². The van der Waals surface area contributed by atoms with Crippen LogP contribution >= 0.6 is 0 Å². The predicted octanol–water partition coefficient (Wildman–Crippen LogP) is 5.24. The van der Waals surface area contributed by atoms with Gasteiger partial charge in [-0.1, -0.05) is 49.7 Å². The molecule has 6 heteroatoms. The molecule has 0 aliphatic carbocycles. The van der Waals surface area contributed by atoms with E-state index in [-0.39, 0.29) is 0 Å². The van der Waals surface area contributed by atoms with Crippen molar-refractivity contribution in [2.24, 2.45) is 0 Å². The van der Waals surface area contributed by atoms with E-state index in [1.807, 2.05) is 24.4 Å². The van der Waals surface area contributed by atoms with Gasteiger partial charge < -0.3 is 19.7 Å². The standard InChI is InChI=1S/C29H36N4O2/c1-4-33(5-2)15-6-16-35-25-17-26-27(20-32-29(26)31-19-25)28(34)23-12-14-24(30-18-23)13-11-22-9-7-21(3)8-10-22/h7-10,12,14,17-20,28,34H,4-6,11,13,15-16H2,1-3H3,(H,31,32). The first-order valence-electron chi connectivity index (χ1n) is 12.6. The van der Waals surface area contributed by atoms with Crippen LogP contribution in [0.2, 0.25) is 0 Å². The Kier molecular flexibility index (Phi) is 8.50. The van der Waals surface area contributed by atoms with Crippen molar-refractivity contribution < 1.29 is 9.84 Å². The number of aliphatic hydroxyl groups excluding tert-OH is 1. The van der Waals surface area contributed by atoms with Gasteiger partial charge in [0, 0.05) is 41.1 Å². The Morgan fingerprint density at radius 1 is 1.00 bits per heavy atom. The maximum Gasteiger partial charge on any atom is 0.138 e. The minimum absolute atomic E-state index is 0.639. The fourth-order valence-corrected chi connectivity index (χ4v) is 4.28. The molecule has 0 bridgehead atoms. The van der Waals surface area contributed by atoms with E-state index in [0.29, 0.717) is 6.61 Å². The number of aliphatic hydroxyl groups is 1. The molecule has 2 N–H and O–H groups in total. The van der Waals surface area contributed by atoms with Crippen LogP contribution in [0.5, 0.6) is 5.75 Å². The van der Waals surface area contributed by atoms with Crippen molar-refractivity contribution in [2.45, 2.75) is 46.1 Å². The number of ether oxygens (including phenoxy) is 1. The van der Waals surface area contributed by atoms with Crippen molar-refractivity contribution in [1.29, 1.82) is 0 Å². The van der Waals surface area contributed by atoms with Crippen LogP contribution < -0.4 is 4.74 Å². The molecule has 6 nitrogen and oxygen atoms in total. The van der Waals surface area contributed by atoms with Crippen LogP contribution in [-0.4, -0.2) is 51.2 Å². The summed E-state index contributed by atoms with van der Waals surface area (Å²) in [6.45, 7) is 10.2. The van der Waals surface area contributed by atoms with E-state index in [4.69, 9.17) is 4.74 Å². The lowest BCUT2D eigenvalue weighted by molar-refractivity contribution is 0.221. The summed E-state index contributed by atoms with van der Waals surface area (Å²) in [4.78, 5) is 14.6. The molecule has 3 aromatic heterocycles. The van der Waals surface area contributed by atoms with Crippen molar-refractivity contribution in [3.05, 3.63) is 89.0 Å². The zero-order chi connectivity index (χ0) is 24.6. The highest BCUT2D eigenvalue weighted by Crippen LogP contribution is 2.30. The zero-order valence-corrected chi connectivity index (χ0v) is 21.0. The van der Waals surface area contributed by atoms with Crippen LogP contribution in [-0.2, 0) is 12.8 Å². The maximum absolute atomic E-state index is 11.1. The molecule has 35 heavy (non-hydrogen) atoms. The summed E-state index contributed by atoms with van der Waals surface area (Å²) < 4.78 is 5.95. The largest absolute Gasteiger partial charge is 0.492 e. The van der Waals surface area contributed by atoms with Crippen molar-refractivity contribution in [1.82, 2.24) is 19.9 Å². The third-order valence-corrected chi connectivity index (χ3v) is 6.57. The highest BCUT2D eigenvalue weighted by Gasteiger charge is 2.17. The van der Waals surface area contributed by atoms with Crippen LogP contribution in [0.3, 0.4) is 0 Å². The molecule has 0 saturated heterocycles. The van der Waals surface area contributed by atoms with E-state index in [2.05, 4.69) is 64.9 Å². The van der Waals surface area contributed by atoms with E-state index in [1.54, 1.807) is 12.4 Å². The molecule has 0 radical (unpaired) electrons. The second-order valence-electron chi connectivity index (χ2n) is 9.01. The molecule has 3 heterocycles. The van der Waals surface area contributed by atoms with Crippen molar-refractivity contribution in [3.63, 3.8) is 0 Å². The van der Waals surface area contributed by atoms with E-state index < -0.39 is 6.10 Å². The summed E-state index contributed by atoms with van der Waals surface area (Å²) in [7, 11) is 0. The van der Waals surface area contributed by atoms with Gasteiger partial charge in [0.25, 0.3) is 0 Å². The molecule has 1 aromatic carbocycles. The van der Waals surface area contributed by atoms with Gasteiger partial charge in [0.2, 0.25) is 0 Å². The maximum atomic E-state index is 11.1. The lowest BCUT2D eigenvalue weighted by Crippen LogP contribution is -2.25. The van der Waals surface area contributed by atoms with E-state index >= 15 is 0 Å². The van der Waals surface area contributed by atoms with Crippen LogP contribution in [0, 0.1) is 6.92 Å². The fourth-order valence-electron chi connectivity index (χ4n) is 4.28. The Labute approximate surface area is 208 Å². The first-order chi connectivity index (χ1) is 17.1. The number of nitrogens with zero attached hydrogens (tertiary/aromatic N) is 3. The topological polar surface area (TPSA) is 74.3 Å². The van der Waals surface area contributed by atoms with Crippen molar-refractivity contribution in [3.8, 4) is 5.75 Å². The van der Waals surface area contributed by atoms with Gasteiger partial charge in [-0.25, -0.2) is 4.98 Å². The molecule has 0 amide bonds. The summed E-state index contributed by atoms with van der Waals surface area (Å²) in [5, 5.41) is 12.0. The molecular weight excluding hydrogens is 436 g/mol. The second kappa shape index (κ2) is 12.0. The van der Waals surface area contributed by atoms with E-state index in [0.717, 1.165) is 72.5 Å². The molecular formula is C29H36N4O2. The first-order valence-corrected chi connectivity index (χ1v) is 12.6. The van der Waals surface area contributed by atoms with Gasteiger partial charge in [-0.2, -0.15) is 0 Å². The van der Waals surface area contributed by atoms with Gasteiger partial charge in [-0.05, 0) is 57.0 Å². The summed E-state index contributed by atoms with van der Waals surface area (Å²) >= 11 is 0. The summed E-state index contributed by atoms with van der Waals surface area (Å²) in [6.07, 6.45) is 7.31. The first kappa shape index (κ1) is 24.9. The van der Waals surface area contributed by atoms with Crippen LogP contribution in [0.25, 0.3) is 11.0 Å². The number of aromatic nitrogens is 3. The second-order valence-corrected chi connectivity index (χ2v) is 9.01. The molecule has 0 aliphatic rings. The Morgan fingerprint density at radius 3 is 2.51 bits per heavy atom. The Balaban J connectivity index is 1.39. The van der Waals surface area contributed by atoms with Gasteiger partial charge >= 0.3 is 0 Å². The zero-order valence-electron chi connectivity index (χ0n) is 21.0. The lowest BCUT2D eigenvalue weighted by Gasteiger charge is -2.17. The van der Waals surface area contributed by atoms with Gasteiger partial charge in [0.15, 0.2) is 0 Å². The number of hydrogen-bond acceptors (Lipinski definition) is 5. The number of fused-ring (bicyclic) bond motifs is 1.